The van der Waals surface area contributed by atoms with E-state index in [0.29, 0.717) is 12.3 Å². The van der Waals surface area contributed by atoms with Gasteiger partial charge >= 0.3 is 5.97 Å². The van der Waals surface area contributed by atoms with Gasteiger partial charge in [0.15, 0.2) is 0 Å². The van der Waals surface area contributed by atoms with Crippen LogP contribution in [0.1, 0.15) is 19.3 Å². The molecule has 1 amide bonds. The van der Waals surface area contributed by atoms with Crippen LogP contribution in [0.4, 0.5) is 0 Å². The molecule has 98 valence electrons. The maximum Gasteiger partial charge on any atom is 0.315 e. The summed E-state index contributed by atoms with van der Waals surface area (Å²) in [5.74, 6) is 0.996. The van der Waals surface area contributed by atoms with Crippen molar-refractivity contribution in [3.05, 3.63) is 0 Å². The highest BCUT2D eigenvalue weighted by Crippen LogP contribution is 2.23. The fourth-order valence-electron chi connectivity index (χ4n) is 1.86. The van der Waals surface area contributed by atoms with Crippen molar-refractivity contribution in [1.82, 2.24) is 5.32 Å². The average molecular weight is 260 g/mol. The zero-order chi connectivity index (χ0) is 12.7. The highest BCUT2D eigenvalue weighted by Gasteiger charge is 2.27. The lowest BCUT2D eigenvalue weighted by atomic mass is 10.1. The van der Waals surface area contributed by atoms with Gasteiger partial charge < -0.3 is 15.8 Å². The molecule has 0 radical (unpaired) electrons. The van der Waals surface area contributed by atoms with Crippen molar-refractivity contribution in [2.75, 3.05) is 25.2 Å². The molecule has 1 aliphatic carbocycles. The fraction of sp³-hybridized carbons (Fsp3) is 0.818. The van der Waals surface area contributed by atoms with Crippen molar-refractivity contribution >= 4 is 23.6 Å². The average Bonchev–Trinajstić information content (AvgIpc) is 2.75. The normalized spacial score (nSPS) is 23.4. The predicted octanol–water partition coefficient (Wildman–Crippen LogP) is 0.136. The molecule has 0 spiro atoms. The second-order valence-electron chi connectivity index (χ2n) is 4.19. The molecule has 3 N–H and O–H groups in total. The number of hydrogen-bond acceptors (Lipinski definition) is 5. The lowest BCUT2D eigenvalue weighted by Gasteiger charge is -2.10. The molecular formula is C11H20N2O3S. The van der Waals surface area contributed by atoms with Crippen molar-refractivity contribution in [3.63, 3.8) is 0 Å². The molecule has 6 heteroatoms. The van der Waals surface area contributed by atoms with E-state index in [0.717, 1.165) is 25.0 Å². The first-order valence-corrected chi connectivity index (χ1v) is 6.96. The Hall–Kier alpha value is -0.750. The highest BCUT2D eigenvalue weighted by molar-refractivity contribution is 7.99. The van der Waals surface area contributed by atoms with Crippen molar-refractivity contribution < 1.29 is 14.3 Å². The zero-order valence-electron chi connectivity index (χ0n) is 10.1. The quantitative estimate of drug-likeness (QED) is 0.524. The Balaban J connectivity index is 2.02. The first-order valence-electron chi connectivity index (χ1n) is 5.81. The summed E-state index contributed by atoms with van der Waals surface area (Å²) in [4.78, 5) is 22.5. The third-order valence-corrected chi connectivity index (χ3v) is 3.77. The SMILES string of the molecule is COC(=O)CSCCNC(=O)C1CCC(N)C1. The van der Waals surface area contributed by atoms with Gasteiger partial charge in [-0.1, -0.05) is 0 Å². The van der Waals surface area contributed by atoms with Crippen LogP contribution in [0.3, 0.4) is 0 Å². The zero-order valence-corrected chi connectivity index (χ0v) is 10.9. The summed E-state index contributed by atoms with van der Waals surface area (Å²) in [6.45, 7) is 0.590. The Morgan fingerprint density at radius 3 is 2.82 bits per heavy atom. The number of methoxy groups -OCH3 is 1. The molecule has 0 aromatic rings. The molecule has 2 atom stereocenters. The molecule has 0 aliphatic heterocycles. The summed E-state index contributed by atoms with van der Waals surface area (Å²) in [5.41, 5.74) is 5.75. The predicted molar refractivity (Wildman–Crippen MR) is 67.7 cm³/mol. The van der Waals surface area contributed by atoms with Crippen molar-refractivity contribution in [3.8, 4) is 0 Å². The van der Waals surface area contributed by atoms with E-state index in [1.165, 1.54) is 18.9 Å². The third-order valence-electron chi connectivity index (χ3n) is 2.84. The van der Waals surface area contributed by atoms with Gasteiger partial charge in [-0.25, -0.2) is 0 Å². The van der Waals surface area contributed by atoms with Crippen LogP contribution in [-0.4, -0.2) is 43.1 Å². The molecule has 0 heterocycles. The number of amides is 1. The van der Waals surface area contributed by atoms with Gasteiger partial charge in [0, 0.05) is 24.3 Å². The van der Waals surface area contributed by atoms with E-state index in [4.69, 9.17) is 5.73 Å². The molecule has 17 heavy (non-hydrogen) atoms. The van der Waals surface area contributed by atoms with Gasteiger partial charge in [0.1, 0.15) is 0 Å². The molecule has 0 bridgehead atoms. The van der Waals surface area contributed by atoms with E-state index in [1.54, 1.807) is 0 Å². The second-order valence-corrected chi connectivity index (χ2v) is 5.29. The van der Waals surface area contributed by atoms with Crippen molar-refractivity contribution in [1.29, 1.82) is 0 Å². The maximum absolute atomic E-state index is 11.7. The van der Waals surface area contributed by atoms with E-state index in [-0.39, 0.29) is 23.8 Å². The smallest absolute Gasteiger partial charge is 0.315 e. The molecule has 1 rings (SSSR count). The minimum atomic E-state index is -0.233. The van der Waals surface area contributed by atoms with Crippen LogP contribution in [-0.2, 0) is 14.3 Å². The molecule has 0 aromatic carbocycles. The molecule has 1 aliphatic rings. The van der Waals surface area contributed by atoms with Crippen molar-refractivity contribution in [2.45, 2.75) is 25.3 Å². The first kappa shape index (κ1) is 14.3. The van der Waals surface area contributed by atoms with Gasteiger partial charge in [-0.15, -0.1) is 11.8 Å². The van der Waals surface area contributed by atoms with Gasteiger partial charge in [0.05, 0.1) is 12.9 Å². The Labute approximate surface area is 106 Å². The van der Waals surface area contributed by atoms with E-state index in [9.17, 15) is 9.59 Å². The number of carbonyl (C=O) groups excluding carboxylic acids is 2. The number of nitrogens with two attached hydrogens (primary N) is 1. The lowest BCUT2D eigenvalue weighted by Crippen LogP contribution is -2.32. The van der Waals surface area contributed by atoms with Crippen LogP contribution in [0.5, 0.6) is 0 Å². The molecule has 0 aromatic heterocycles. The Bertz CT molecular complexity index is 273. The molecule has 2 unspecified atom stereocenters. The van der Waals surface area contributed by atoms with Gasteiger partial charge in [-0.3, -0.25) is 9.59 Å². The number of thioether (sulfide) groups is 1. The Kier molecular flexibility index (Phi) is 6.36. The van der Waals surface area contributed by atoms with Crippen LogP contribution in [0.2, 0.25) is 0 Å². The molecule has 5 nitrogen and oxygen atoms in total. The number of ether oxygens (including phenoxy) is 1. The van der Waals surface area contributed by atoms with Gasteiger partial charge in [0.25, 0.3) is 0 Å². The standard InChI is InChI=1S/C11H20N2O3S/c1-16-10(14)7-17-5-4-13-11(15)8-2-3-9(12)6-8/h8-9H,2-7,12H2,1H3,(H,13,15). The number of carbonyl (C=O) groups is 2. The fourth-order valence-corrected chi connectivity index (χ4v) is 2.53. The summed E-state index contributed by atoms with van der Waals surface area (Å²) in [5, 5.41) is 2.87. The molecule has 1 saturated carbocycles. The first-order chi connectivity index (χ1) is 8.13. The number of rotatable bonds is 6. The minimum Gasteiger partial charge on any atom is -0.468 e. The largest absolute Gasteiger partial charge is 0.468 e. The van der Waals surface area contributed by atoms with E-state index in [2.05, 4.69) is 10.1 Å². The van der Waals surface area contributed by atoms with E-state index in [1.807, 2.05) is 0 Å². The van der Waals surface area contributed by atoms with Crippen LogP contribution in [0, 0.1) is 5.92 Å². The second kappa shape index (κ2) is 7.55. The number of hydrogen-bond donors (Lipinski definition) is 2. The van der Waals surface area contributed by atoms with Crippen LogP contribution in [0.25, 0.3) is 0 Å². The van der Waals surface area contributed by atoms with Crippen LogP contribution >= 0.6 is 11.8 Å². The van der Waals surface area contributed by atoms with Gasteiger partial charge in [-0.2, -0.15) is 0 Å². The van der Waals surface area contributed by atoms with Gasteiger partial charge in [-0.05, 0) is 19.3 Å². The molecule has 0 saturated heterocycles. The van der Waals surface area contributed by atoms with E-state index < -0.39 is 0 Å². The summed E-state index contributed by atoms with van der Waals surface area (Å²) >= 11 is 1.46. The number of nitrogens with one attached hydrogen (secondary N) is 1. The lowest BCUT2D eigenvalue weighted by molar-refractivity contribution is -0.137. The monoisotopic (exact) mass is 260 g/mol. The van der Waals surface area contributed by atoms with Gasteiger partial charge in [0.2, 0.25) is 5.91 Å². The summed E-state index contributed by atoms with van der Waals surface area (Å²) in [7, 11) is 1.37. The Morgan fingerprint density at radius 1 is 1.47 bits per heavy atom. The van der Waals surface area contributed by atoms with Crippen LogP contribution in [0.15, 0.2) is 0 Å². The topological polar surface area (TPSA) is 81.4 Å². The van der Waals surface area contributed by atoms with Crippen LogP contribution < -0.4 is 11.1 Å². The summed E-state index contributed by atoms with van der Waals surface area (Å²) in [6, 6.07) is 0.180. The Morgan fingerprint density at radius 2 is 2.24 bits per heavy atom. The third kappa shape index (κ3) is 5.41. The van der Waals surface area contributed by atoms with E-state index >= 15 is 0 Å². The van der Waals surface area contributed by atoms with Crippen molar-refractivity contribution in [2.24, 2.45) is 11.7 Å². The highest BCUT2D eigenvalue weighted by atomic mass is 32.2. The number of esters is 1. The summed E-state index contributed by atoms with van der Waals surface area (Å²) in [6.07, 6.45) is 2.62. The minimum absolute atomic E-state index is 0.0793. The maximum atomic E-state index is 11.7. The summed E-state index contributed by atoms with van der Waals surface area (Å²) < 4.78 is 4.51. The molecular weight excluding hydrogens is 240 g/mol. The molecule has 1 fully saturated rings.